The summed E-state index contributed by atoms with van der Waals surface area (Å²) in [5.74, 6) is 0.400. The molecule has 1 heterocycles. The van der Waals surface area contributed by atoms with E-state index in [0.717, 1.165) is 16.5 Å². The zero-order valence-electron chi connectivity index (χ0n) is 15.1. The minimum atomic E-state index is -0.492. The molecule has 0 spiro atoms. The minimum absolute atomic E-state index is 0.0119. The molecule has 0 fully saturated rings. The number of hydrogen-bond donors (Lipinski definition) is 1. The van der Waals surface area contributed by atoms with Gasteiger partial charge in [0.15, 0.2) is 0 Å². The molecular formula is C21H21NO4. The minimum Gasteiger partial charge on any atom is -0.497 e. The number of benzene rings is 2. The van der Waals surface area contributed by atoms with Gasteiger partial charge in [-0.15, -0.1) is 0 Å². The summed E-state index contributed by atoms with van der Waals surface area (Å²) in [5.41, 5.74) is 3.28. The highest BCUT2D eigenvalue weighted by Gasteiger charge is 2.15. The van der Waals surface area contributed by atoms with Crippen molar-refractivity contribution in [1.82, 2.24) is 5.32 Å². The van der Waals surface area contributed by atoms with Gasteiger partial charge in [-0.1, -0.05) is 29.8 Å². The molecule has 2 aromatic carbocycles. The van der Waals surface area contributed by atoms with E-state index in [1.54, 1.807) is 19.2 Å². The Labute approximate surface area is 151 Å². The monoisotopic (exact) mass is 351 g/mol. The van der Waals surface area contributed by atoms with Crippen LogP contribution in [0.5, 0.6) is 5.75 Å². The Kier molecular flexibility index (Phi) is 5.07. The van der Waals surface area contributed by atoms with Gasteiger partial charge in [0.2, 0.25) is 5.91 Å². The van der Waals surface area contributed by atoms with Crippen molar-refractivity contribution in [3.63, 3.8) is 0 Å². The number of fused-ring (bicyclic) bond motifs is 1. The molecule has 0 aliphatic carbocycles. The standard InChI is InChI=1S/C21H21NO4/c1-13-4-6-15(7-5-13)12-22-20(23)11-18-14(2)17-9-8-16(25-3)10-19(17)26-21(18)24/h4-10H,11-12H2,1-3H3,(H,22,23). The van der Waals surface area contributed by atoms with Crippen molar-refractivity contribution < 1.29 is 13.9 Å². The number of carbonyl (C=O) groups excluding carboxylic acids is 1. The number of carbonyl (C=O) groups is 1. The Morgan fingerprint density at radius 1 is 1.12 bits per heavy atom. The van der Waals surface area contributed by atoms with E-state index in [1.807, 2.05) is 44.2 Å². The maximum absolute atomic E-state index is 12.3. The molecule has 0 saturated carbocycles. The molecule has 1 amide bonds. The van der Waals surface area contributed by atoms with Crippen LogP contribution in [0.2, 0.25) is 0 Å². The SMILES string of the molecule is COc1ccc2c(C)c(CC(=O)NCc3ccc(C)cc3)c(=O)oc2c1. The number of nitrogens with one attached hydrogen (secondary N) is 1. The van der Waals surface area contributed by atoms with Gasteiger partial charge in [-0.3, -0.25) is 4.79 Å². The normalized spacial score (nSPS) is 10.7. The number of amides is 1. The maximum Gasteiger partial charge on any atom is 0.340 e. The van der Waals surface area contributed by atoms with Crippen molar-refractivity contribution in [2.24, 2.45) is 0 Å². The van der Waals surface area contributed by atoms with Crippen molar-refractivity contribution in [2.75, 3.05) is 7.11 Å². The van der Waals surface area contributed by atoms with Gasteiger partial charge >= 0.3 is 5.63 Å². The second kappa shape index (κ2) is 7.44. The van der Waals surface area contributed by atoms with E-state index in [9.17, 15) is 9.59 Å². The summed E-state index contributed by atoms with van der Waals surface area (Å²) in [6.45, 7) is 4.27. The number of aryl methyl sites for hydroxylation is 2. The molecule has 0 bridgehead atoms. The largest absolute Gasteiger partial charge is 0.497 e. The van der Waals surface area contributed by atoms with E-state index in [1.165, 1.54) is 5.56 Å². The summed E-state index contributed by atoms with van der Waals surface area (Å²) < 4.78 is 10.5. The van der Waals surface area contributed by atoms with E-state index < -0.39 is 5.63 Å². The lowest BCUT2D eigenvalue weighted by Gasteiger charge is -2.09. The van der Waals surface area contributed by atoms with Gasteiger partial charge in [0.1, 0.15) is 11.3 Å². The lowest BCUT2D eigenvalue weighted by Crippen LogP contribution is -2.27. The Morgan fingerprint density at radius 2 is 1.85 bits per heavy atom. The third kappa shape index (κ3) is 3.77. The smallest absolute Gasteiger partial charge is 0.340 e. The van der Waals surface area contributed by atoms with Crippen LogP contribution < -0.4 is 15.7 Å². The van der Waals surface area contributed by atoms with Gasteiger partial charge in [0, 0.05) is 18.0 Å². The van der Waals surface area contributed by atoms with Crippen LogP contribution in [0.25, 0.3) is 11.0 Å². The lowest BCUT2D eigenvalue weighted by molar-refractivity contribution is -0.120. The molecule has 0 atom stereocenters. The highest BCUT2D eigenvalue weighted by molar-refractivity contribution is 5.85. The predicted octanol–water partition coefficient (Wildman–Crippen LogP) is 3.28. The van der Waals surface area contributed by atoms with Crippen LogP contribution in [-0.2, 0) is 17.8 Å². The first-order valence-electron chi connectivity index (χ1n) is 8.40. The second-order valence-corrected chi connectivity index (χ2v) is 6.29. The van der Waals surface area contributed by atoms with Crippen LogP contribution in [0.3, 0.4) is 0 Å². The Bertz CT molecular complexity index is 1000. The van der Waals surface area contributed by atoms with Crippen LogP contribution in [0.15, 0.2) is 51.7 Å². The fourth-order valence-corrected chi connectivity index (χ4v) is 2.84. The van der Waals surface area contributed by atoms with Crippen molar-refractivity contribution in [3.8, 4) is 5.75 Å². The second-order valence-electron chi connectivity index (χ2n) is 6.29. The summed E-state index contributed by atoms with van der Waals surface area (Å²) >= 11 is 0. The quantitative estimate of drug-likeness (QED) is 0.716. The number of hydrogen-bond acceptors (Lipinski definition) is 4. The van der Waals surface area contributed by atoms with E-state index in [2.05, 4.69) is 5.32 Å². The molecule has 0 saturated heterocycles. The highest BCUT2D eigenvalue weighted by Crippen LogP contribution is 2.24. The van der Waals surface area contributed by atoms with Crippen LogP contribution in [0.1, 0.15) is 22.3 Å². The summed E-state index contributed by atoms with van der Waals surface area (Å²) in [7, 11) is 1.55. The first-order valence-corrected chi connectivity index (χ1v) is 8.40. The molecule has 134 valence electrons. The van der Waals surface area contributed by atoms with Gasteiger partial charge < -0.3 is 14.5 Å². The predicted molar refractivity (Wildman–Crippen MR) is 101 cm³/mol. The van der Waals surface area contributed by atoms with E-state index in [4.69, 9.17) is 9.15 Å². The van der Waals surface area contributed by atoms with Gasteiger partial charge in [0.05, 0.1) is 19.1 Å². The average molecular weight is 351 g/mol. The van der Waals surface area contributed by atoms with Gasteiger partial charge in [0.25, 0.3) is 0 Å². The Balaban J connectivity index is 1.78. The first-order chi connectivity index (χ1) is 12.5. The van der Waals surface area contributed by atoms with Crippen molar-refractivity contribution in [3.05, 3.63) is 75.1 Å². The summed E-state index contributed by atoms with van der Waals surface area (Å²) in [6, 6.07) is 13.2. The number of rotatable bonds is 5. The molecule has 5 nitrogen and oxygen atoms in total. The fraction of sp³-hybridized carbons (Fsp3) is 0.238. The molecule has 1 aromatic heterocycles. The molecule has 0 aliphatic heterocycles. The first kappa shape index (κ1) is 17.7. The third-order valence-corrected chi connectivity index (χ3v) is 4.44. The van der Waals surface area contributed by atoms with E-state index in [-0.39, 0.29) is 12.3 Å². The molecule has 0 unspecified atom stereocenters. The van der Waals surface area contributed by atoms with E-state index in [0.29, 0.717) is 23.4 Å². The molecule has 3 aromatic rings. The Morgan fingerprint density at radius 3 is 2.54 bits per heavy atom. The van der Waals surface area contributed by atoms with Gasteiger partial charge in [-0.25, -0.2) is 4.79 Å². The zero-order valence-corrected chi connectivity index (χ0v) is 15.1. The lowest BCUT2D eigenvalue weighted by atomic mass is 10.0. The Hall–Kier alpha value is -3.08. The van der Waals surface area contributed by atoms with E-state index >= 15 is 0 Å². The van der Waals surface area contributed by atoms with Crippen LogP contribution in [-0.4, -0.2) is 13.0 Å². The maximum atomic E-state index is 12.3. The molecule has 0 radical (unpaired) electrons. The topological polar surface area (TPSA) is 68.5 Å². The summed E-state index contributed by atoms with van der Waals surface area (Å²) in [4.78, 5) is 24.6. The molecule has 1 N–H and O–H groups in total. The number of ether oxygens (including phenoxy) is 1. The number of methoxy groups -OCH3 is 1. The third-order valence-electron chi connectivity index (χ3n) is 4.44. The average Bonchev–Trinajstić information content (AvgIpc) is 2.64. The fourth-order valence-electron chi connectivity index (χ4n) is 2.84. The van der Waals surface area contributed by atoms with Crippen molar-refractivity contribution >= 4 is 16.9 Å². The van der Waals surface area contributed by atoms with Crippen molar-refractivity contribution in [1.29, 1.82) is 0 Å². The molecule has 26 heavy (non-hydrogen) atoms. The van der Waals surface area contributed by atoms with Crippen LogP contribution in [0.4, 0.5) is 0 Å². The molecular weight excluding hydrogens is 330 g/mol. The van der Waals surface area contributed by atoms with Gasteiger partial charge in [-0.05, 0) is 37.1 Å². The summed E-state index contributed by atoms with van der Waals surface area (Å²) in [6.07, 6.45) is -0.0119. The van der Waals surface area contributed by atoms with Crippen LogP contribution in [0, 0.1) is 13.8 Å². The van der Waals surface area contributed by atoms with Crippen molar-refractivity contribution in [2.45, 2.75) is 26.8 Å². The van der Waals surface area contributed by atoms with Crippen LogP contribution >= 0.6 is 0 Å². The molecule has 0 aliphatic rings. The van der Waals surface area contributed by atoms with Gasteiger partial charge in [-0.2, -0.15) is 0 Å². The zero-order chi connectivity index (χ0) is 18.7. The highest BCUT2D eigenvalue weighted by atomic mass is 16.5. The molecule has 5 heteroatoms. The summed E-state index contributed by atoms with van der Waals surface area (Å²) in [5, 5.41) is 3.65. The molecule has 3 rings (SSSR count).